The molecule has 5 heterocycles. The molecule has 10 heteroatoms. The highest BCUT2D eigenvalue weighted by atomic mass is 19.2. The summed E-state index contributed by atoms with van der Waals surface area (Å²) in [6.07, 6.45) is 2.20. The number of benzene rings is 1. The number of carbonyl (C=O) groups excluding carboxylic acids is 2. The van der Waals surface area contributed by atoms with Crippen LogP contribution in [0.2, 0.25) is 0 Å². The Balaban J connectivity index is 1.30. The van der Waals surface area contributed by atoms with Crippen LogP contribution in [0.1, 0.15) is 44.9 Å². The first-order valence-corrected chi connectivity index (χ1v) is 11.5. The van der Waals surface area contributed by atoms with Crippen LogP contribution in [0.4, 0.5) is 8.78 Å². The van der Waals surface area contributed by atoms with Crippen molar-refractivity contribution in [3.8, 4) is 0 Å². The Morgan fingerprint density at radius 3 is 2.86 bits per heavy atom. The maximum absolute atomic E-state index is 14.2. The molecule has 0 fully saturated rings. The van der Waals surface area contributed by atoms with E-state index >= 15 is 0 Å². The molecule has 3 aromatic heterocycles. The Morgan fingerprint density at radius 1 is 1.20 bits per heavy atom. The summed E-state index contributed by atoms with van der Waals surface area (Å²) in [5.41, 5.74) is 3.37. The van der Waals surface area contributed by atoms with Crippen molar-refractivity contribution in [1.82, 2.24) is 29.5 Å². The van der Waals surface area contributed by atoms with Gasteiger partial charge in [-0.1, -0.05) is 6.07 Å². The van der Waals surface area contributed by atoms with E-state index in [0.29, 0.717) is 37.3 Å². The highest BCUT2D eigenvalue weighted by Crippen LogP contribution is 2.31. The van der Waals surface area contributed by atoms with Crippen LogP contribution in [-0.4, -0.2) is 53.9 Å². The van der Waals surface area contributed by atoms with Gasteiger partial charge in [0, 0.05) is 41.7 Å². The highest BCUT2D eigenvalue weighted by Gasteiger charge is 2.37. The summed E-state index contributed by atoms with van der Waals surface area (Å²) in [7, 11) is 0. The van der Waals surface area contributed by atoms with Crippen molar-refractivity contribution < 1.29 is 18.4 Å². The molecule has 4 aromatic rings. The quantitative estimate of drug-likeness (QED) is 0.492. The second-order valence-electron chi connectivity index (χ2n) is 9.04. The van der Waals surface area contributed by atoms with Gasteiger partial charge in [0.1, 0.15) is 11.4 Å². The van der Waals surface area contributed by atoms with Gasteiger partial charge in [-0.2, -0.15) is 5.10 Å². The number of hydrogen-bond donors (Lipinski definition) is 1. The number of aromatic amines is 1. The third-order valence-corrected chi connectivity index (χ3v) is 6.82. The van der Waals surface area contributed by atoms with Gasteiger partial charge in [0.15, 0.2) is 11.6 Å². The molecule has 0 saturated carbocycles. The molecule has 0 bridgehead atoms. The number of carbonyl (C=O) groups is 2. The molecule has 2 aliphatic rings. The SMILES string of the molecule is C[C@@H]1Cc2nn3c(c2CN1C(=O)c1cc2c(F)c(F)ccc2[nH]1)C(=O)N(Cc1ccccn1)CC3. The van der Waals surface area contributed by atoms with E-state index in [1.807, 2.05) is 25.1 Å². The summed E-state index contributed by atoms with van der Waals surface area (Å²) in [5, 5.41) is 4.70. The van der Waals surface area contributed by atoms with E-state index in [-0.39, 0.29) is 35.5 Å². The van der Waals surface area contributed by atoms with Crippen molar-refractivity contribution in [2.75, 3.05) is 6.54 Å². The maximum atomic E-state index is 14.2. The lowest BCUT2D eigenvalue weighted by Crippen LogP contribution is -2.44. The summed E-state index contributed by atoms with van der Waals surface area (Å²) in [6, 6.07) is 9.19. The molecule has 1 atom stereocenters. The zero-order valence-corrected chi connectivity index (χ0v) is 19.0. The molecular weight excluding hydrogens is 454 g/mol. The van der Waals surface area contributed by atoms with E-state index in [2.05, 4.69) is 15.1 Å². The van der Waals surface area contributed by atoms with Gasteiger partial charge in [0.05, 0.1) is 31.0 Å². The van der Waals surface area contributed by atoms with E-state index in [1.54, 1.807) is 20.7 Å². The number of pyridine rings is 1. The Kier molecular flexibility index (Phi) is 4.91. The molecule has 1 N–H and O–H groups in total. The van der Waals surface area contributed by atoms with Crippen molar-refractivity contribution in [3.05, 3.63) is 82.6 Å². The van der Waals surface area contributed by atoms with Gasteiger partial charge in [-0.3, -0.25) is 19.3 Å². The average molecular weight is 476 g/mol. The molecule has 0 radical (unpaired) electrons. The second kappa shape index (κ2) is 8.00. The normalized spacial score (nSPS) is 17.6. The molecule has 6 rings (SSSR count). The summed E-state index contributed by atoms with van der Waals surface area (Å²) in [4.78, 5) is 37.5. The summed E-state index contributed by atoms with van der Waals surface area (Å²) >= 11 is 0. The van der Waals surface area contributed by atoms with E-state index in [9.17, 15) is 18.4 Å². The van der Waals surface area contributed by atoms with Gasteiger partial charge < -0.3 is 14.8 Å². The van der Waals surface area contributed by atoms with Crippen LogP contribution in [-0.2, 0) is 26.1 Å². The molecule has 0 spiro atoms. The third kappa shape index (κ3) is 3.48. The van der Waals surface area contributed by atoms with Crippen molar-refractivity contribution in [2.45, 2.75) is 39.0 Å². The van der Waals surface area contributed by atoms with Crippen molar-refractivity contribution in [3.63, 3.8) is 0 Å². The third-order valence-electron chi connectivity index (χ3n) is 6.82. The summed E-state index contributed by atoms with van der Waals surface area (Å²) < 4.78 is 29.6. The molecule has 0 aliphatic carbocycles. The molecule has 0 unspecified atom stereocenters. The van der Waals surface area contributed by atoms with Gasteiger partial charge in [-0.15, -0.1) is 0 Å². The molecule has 2 amide bonds. The predicted octanol–water partition coefficient (Wildman–Crippen LogP) is 3.28. The van der Waals surface area contributed by atoms with Crippen LogP contribution in [0.15, 0.2) is 42.6 Å². The molecule has 178 valence electrons. The fourth-order valence-electron chi connectivity index (χ4n) is 4.98. The maximum Gasteiger partial charge on any atom is 0.272 e. The lowest BCUT2D eigenvalue weighted by Gasteiger charge is -2.33. The zero-order chi connectivity index (χ0) is 24.3. The van der Waals surface area contributed by atoms with Gasteiger partial charge in [0.25, 0.3) is 11.8 Å². The molecule has 8 nitrogen and oxygen atoms in total. The van der Waals surface area contributed by atoms with Crippen LogP contribution >= 0.6 is 0 Å². The van der Waals surface area contributed by atoms with Crippen LogP contribution < -0.4 is 0 Å². The molecular formula is C25H22F2N6O2. The van der Waals surface area contributed by atoms with Crippen molar-refractivity contribution in [2.24, 2.45) is 0 Å². The number of H-pyrrole nitrogens is 1. The highest BCUT2D eigenvalue weighted by molar-refractivity contribution is 5.99. The molecule has 1 aromatic carbocycles. The van der Waals surface area contributed by atoms with Crippen molar-refractivity contribution >= 4 is 22.7 Å². The van der Waals surface area contributed by atoms with Gasteiger partial charge in [-0.25, -0.2) is 8.78 Å². The average Bonchev–Trinajstić information content (AvgIpc) is 3.45. The first kappa shape index (κ1) is 21.5. The topological polar surface area (TPSA) is 87.1 Å². The van der Waals surface area contributed by atoms with Gasteiger partial charge in [0.2, 0.25) is 0 Å². The largest absolute Gasteiger partial charge is 0.350 e. The fourth-order valence-corrected chi connectivity index (χ4v) is 4.98. The van der Waals surface area contributed by atoms with Gasteiger partial charge in [-0.05, 0) is 37.3 Å². The number of hydrogen-bond acceptors (Lipinski definition) is 4. The zero-order valence-electron chi connectivity index (χ0n) is 19.0. The van der Waals surface area contributed by atoms with E-state index < -0.39 is 11.6 Å². The van der Waals surface area contributed by atoms with Crippen LogP contribution in [0, 0.1) is 11.6 Å². The standard InChI is InChI=1S/C25H22F2N6O2/c1-14-10-20-17(13-32(14)24(34)21-11-16-19(29-21)6-5-18(26)22(16)27)23-25(35)31(8-9-33(23)30-20)12-15-4-2-3-7-28-15/h2-7,11,14,29H,8-10,12-13H2,1H3/t14-/m1/s1. The number of rotatable bonds is 3. The summed E-state index contributed by atoms with van der Waals surface area (Å²) in [6.45, 7) is 3.61. The van der Waals surface area contributed by atoms with Gasteiger partial charge >= 0.3 is 0 Å². The molecule has 2 aliphatic heterocycles. The molecule has 0 saturated heterocycles. The monoisotopic (exact) mass is 476 g/mol. The minimum absolute atomic E-state index is 0.0296. The number of halogens is 2. The number of aromatic nitrogens is 4. The smallest absolute Gasteiger partial charge is 0.272 e. The summed E-state index contributed by atoms with van der Waals surface area (Å²) in [5.74, 6) is -2.43. The second-order valence-corrected chi connectivity index (χ2v) is 9.04. The fraction of sp³-hybridized carbons (Fsp3) is 0.280. The lowest BCUT2D eigenvalue weighted by atomic mass is 9.98. The van der Waals surface area contributed by atoms with Crippen LogP contribution in [0.25, 0.3) is 10.9 Å². The van der Waals surface area contributed by atoms with Crippen LogP contribution in [0.5, 0.6) is 0 Å². The first-order valence-electron chi connectivity index (χ1n) is 11.5. The minimum atomic E-state index is -0.990. The van der Waals surface area contributed by atoms with E-state index in [1.165, 1.54) is 12.1 Å². The lowest BCUT2D eigenvalue weighted by molar-refractivity contribution is 0.0633. The Bertz CT molecular complexity index is 1480. The van der Waals surface area contributed by atoms with Crippen LogP contribution in [0.3, 0.4) is 0 Å². The first-order chi connectivity index (χ1) is 16.9. The molecule has 35 heavy (non-hydrogen) atoms. The van der Waals surface area contributed by atoms with E-state index in [4.69, 9.17) is 0 Å². The van der Waals surface area contributed by atoms with E-state index in [0.717, 1.165) is 23.0 Å². The minimum Gasteiger partial charge on any atom is -0.350 e. The Labute approximate surface area is 199 Å². The predicted molar refractivity (Wildman–Crippen MR) is 122 cm³/mol. The number of nitrogens with zero attached hydrogens (tertiary/aromatic N) is 5. The number of nitrogens with one attached hydrogen (secondary N) is 1. The Morgan fingerprint density at radius 2 is 2.06 bits per heavy atom. The number of fused-ring (bicyclic) bond motifs is 4. The number of amides is 2. The Hall–Kier alpha value is -4.08. The van der Waals surface area contributed by atoms with Crippen molar-refractivity contribution in [1.29, 1.82) is 0 Å².